The Labute approximate surface area is 127 Å². The molecule has 0 aliphatic heterocycles. The summed E-state index contributed by atoms with van der Waals surface area (Å²) in [6, 6.07) is 15.7. The minimum absolute atomic E-state index is 0.145. The van der Waals surface area contributed by atoms with Gasteiger partial charge in [0.15, 0.2) is 0 Å². The molecule has 0 atom stereocenters. The molecule has 3 heterocycles. The van der Waals surface area contributed by atoms with Crippen molar-refractivity contribution in [1.29, 1.82) is 0 Å². The van der Waals surface area contributed by atoms with Gasteiger partial charge in [0.2, 0.25) is 0 Å². The van der Waals surface area contributed by atoms with Crippen LogP contribution in [0.4, 0.5) is 0 Å². The molecule has 0 saturated carbocycles. The van der Waals surface area contributed by atoms with E-state index in [0.717, 1.165) is 27.9 Å². The summed E-state index contributed by atoms with van der Waals surface area (Å²) in [6.45, 7) is 0. The number of hydrogen-bond acceptors (Lipinski definition) is 3. The largest absolute Gasteiger partial charge is 0.506 e. The van der Waals surface area contributed by atoms with Gasteiger partial charge in [0.25, 0.3) is 0 Å². The topological polar surface area (TPSA) is 61.8 Å². The Morgan fingerprint density at radius 1 is 0.909 bits per heavy atom. The van der Waals surface area contributed by atoms with Crippen molar-refractivity contribution in [3.63, 3.8) is 0 Å². The van der Waals surface area contributed by atoms with Crippen molar-refractivity contribution in [1.82, 2.24) is 15.0 Å². The van der Waals surface area contributed by atoms with Crippen molar-refractivity contribution in [2.24, 2.45) is 0 Å². The molecule has 0 radical (unpaired) electrons. The molecule has 0 aliphatic carbocycles. The minimum Gasteiger partial charge on any atom is -0.506 e. The first kappa shape index (κ1) is 12.6. The minimum atomic E-state index is 0.145. The molecule has 0 spiro atoms. The van der Waals surface area contributed by atoms with Crippen molar-refractivity contribution in [3.05, 3.63) is 67.1 Å². The van der Waals surface area contributed by atoms with E-state index >= 15 is 0 Å². The fourth-order valence-electron chi connectivity index (χ4n) is 2.71. The van der Waals surface area contributed by atoms with E-state index in [2.05, 4.69) is 15.0 Å². The van der Waals surface area contributed by atoms with Crippen LogP contribution in [0.3, 0.4) is 0 Å². The highest BCUT2D eigenvalue weighted by Gasteiger charge is 2.17. The van der Waals surface area contributed by atoms with Crippen LogP contribution in [0.15, 0.2) is 67.1 Å². The van der Waals surface area contributed by atoms with E-state index in [1.165, 1.54) is 6.20 Å². The second kappa shape index (κ2) is 5.00. The third-order valence-electron chi connectivity index (χ3n) is 3.69. The molecule has 0 bridgehead atoms. The summed E-state index contributed by atoms with van der Waals surface area (Å²) >= 11 is 0. The summed E-state index contributed by atoms with van der Waals surface area (Å²) in [4.78, 5) is 11.8. The van der Waals surface area contributed by atoms with E-state index in [1.807, 2.05) is 42.5 Å². The molecule has 0 unspecified atom stereocenters. The average Bonchev–Trinajstić information content (AvgIpc) is 2.95. The van der Waals surface area contributed by atoms with Gasteiger partial charge in [-0.2, -0.15) is 0 Å². The zero-order valence-corrected chi connectivity index (χ0v) is 11.7. The van der Waals surface area contributed by atoms with Crippen LogP contribution in [0.1, 0.15) is 0 Å². The Morgan fingerprint density at radius 3 is 2.59 bits per heavy atom. The SMILES string of the molecule is Oc1cnccc1-c1[nH]c2cccnc2c1-c1ccccc1. The van der Waals surface area contributed by atoms with Crippen LogP contribution in [-0.4, -0.2) is 20.1 Å². The molecule has 4 aromatic rings. The average molecular weight is 287 g/mol. The summed E-state index contributed by atoms with van der Waals surface area (Å²) in [5, 5.41) is 10.2. The van der Waals surface area contributed by atoms with E-state index in [0.29, 0.717) is 5.56 Å². The zero-order chi connectivity index (χ0) is 14.9. The van der Waals surface area contributed by atoms with Crippen molar-refractivity contribution < 1.29 is 5.11 Å². The standard InChI is InChI=1S/C18H13N3O/c22-15-11-19-10-8-13(15)17-16(12-5-2-1-3-6-12)18-14(21-17)7-4-9-20-18/h1-11,21-22H. The molecule has 4 heteroatoms. The third kappa shape index (κ3) is 1.93. The fraction of sp³-hybridized carbons (Fsp3) is 0. The zero-order valence-electron chi connectivity index (χ0n) is 11.7. The van der Waals surface area contributed by atoms with E-state index in [1.54, 1.807) is 18.5 Å². The number of rotatable bonds is 2. The van der Waals surface area contributed by atoms with Gasteiger partial charge in [-0.15, -0.1) is 0 Å². The number of H-pyrrole nitrogens is 1. The molecule has 0 saturated heterocycles. The highest BCUT2D eigenvalue weighted by Crippen LogP contribution is 2.39. The van der Waals surface area contributed by atoms with E-state index in [4.69, 9.17) is 0 Å². The Kier molecular flexibility index (Phi) is 2.86. The van der Waals surface area contributed by atoms with Crippen LogP contribution in [0.2, 0.25) is 0 Å². The number of fused-ring (bicyclic) bond motifs is 1. The first-order valence-corrected chi connectivity index (χ1v) is 7.00. The monoisotopic (exact) mass is 287 g/mol. The summed E-state index contributed by atoms with van der Waals surface area (Å²) in [5.74, 6) is 0.145. The molecule has 3 aromatic heterocycles. The Hall–Kier alpha value is -3.14. The molecule has 2 N–H and O–H groups in total. The summed E-state index contributed by atoms with van der Waals surface area (Å²) in [6.07, 6.45) is 4.89. The van der Waals surface area contributed by atoms with Crippen molar-refractivity contribution >= 4 is 11.0 Å². The molecule has 1 aromatic carbocycles. The number of nitrogens with zero attached hydrogens (tertiary/aromatic N) is 2. The lowest BCUT2D eigenvalue weighted by atomic mass is 10.0. The second-order valence-corrected chi connectivity index (χ2v) is 5.03. The van der Waals surface area contributed by atoms with E-state index in [-0.39, 0.29) is 5.75 Å². The van der Waals surface area contributed by atoms with Crippen LogP contribution in [-0.2, 0) is 0 Å². The maximum absolute atomic E-state index is 10.2. The van der Waals surface area contributed by atoms with Crippen molar-refractivity contribution in [2.75, 3.05) is 0 Å². The number of aromatic nitrogens is 3. The number of benzene rings is 1. The number of aromatic hydroxyl groups is 1. The third-order valence-corrected chi connectivity index (χ3v) is 3.69. The van der Waals surface area contributed by atoms with Crippen LogP contribution in [0.5, 0.6) is 5.75 Å². The number of nitrogens with one attached hydrogen (secondary N) is 1. The molecule has 106 valence electrons. The number of pyridine rings is 2. The fourth-order valence-corrected chi connectivity index (χ4v) is 2.71. The Morgan fingerprint density at radius 2 is 1.77 bits per heavy atom. The van der Waals surface area contributed by atoms with Gasteiger partial charge in [0.1, 0.15) is 5.75 Å². The van der Waals surface area contributed by atoms with Gasteiger partial charge in [-0.25, -0.2) is 0 Å². The molecule has 4 rings (SSSR count). The first-order valence-electron chi connectivity index (χ1n) is 7.00. The number of aromatic amines is 1. The first-order chi connectivity index (χ1) is 10.8. The molecular formula is C18H13N3O. The maximum Gasteiger partial charge on any atom is 0.143 e. The predicted octanol–water partition coefficient (Wildman–Crippen LogP) is 4.00. The van der Waals surface area contributed by atoms with Crippen LogP contribution in [0, 0.1) is 0 Å². The highest BCUT2D eigenvalue weighted by atomic mass is 16.3. The second-order valence-electron chi connectivity index (χ2n) is 5.03. The van der Waals surface area contributed by atoms with Crippen molar-refractivity contribution in [2.45, 2.75) is 0 Å². The smallest absolute Gasteiger partial charge is 0.143 e. The van der Waals surface area contributed by atoms with Gasteiger partial charge in [0.05, 0.1) is 22.9 Å². The van der Waals surface area contributed by atoms with Gasteiger partial charge < -0.3 is 10.1 Å². The van der Waals surface area contributed by atoms with Gasteiger partial charge >= 0.3 is 0 Å². The summed E-state index contributed by atoms with van der Waals surface area (Å²) in [5.41, 5.74) is 5.43. The van der Waals surface area contributed by atoms with Crippen LogP contribution < -0.4 is 0 Å². The van der Waals surface area contributed by atoms with Gasteiger partial charge in [0, 0.05) is 23.5 Å². The molecular weight excluding hydrogens is 274 g/mol. The Bertz CT molecular complexity index is 945. The van der Waals surface area contributed by atoms with E-state index < -0.39 is 0 Å². The van der Waals surface area contributed by atoms with Gasteiger partial charge in [-0.1, -0.05) is 30.3 Å². The molecule has 22 heavy (non-hydrogen) atoms. The summed E-state index contributed by atoms with van der Waals surface area (Å²) < 4.78 is 0. The molecule has 0 aliphatic rings. The van der Waals surface area contributed by atoms with Gasteiger partial charge in [-0.05, 0) is 23.8 Å². The molecule has 0 fully saturated rings. The number of hydrogen-bond donors (Lipinski definition) is 2. The quantitative estimate of drug-likeness (QED) is 0.586. The Balaban J connectivity index is 2.09. The van der Waals surface area contributed by atoms with Gasteiger partial charge in [-0.3, -0.25) is 9.97 Å². The predicted molar refractivity (Wildman–Crippen MR) is 86.4 cm³/mol. The molecule has 0 amide bonds. The molecule has 4 nitrogen and oxygen atoms in total. The van der Waals surface area contributed by atoms with E-state index in [9.17, 15) is 5.11 Å². The highest BCUT2D eigenvalue weighted by molar-refractivity contribution is 6.02. The normalized spacial score (nSPS) is 10.9. The summed E-state index contributed by atoms with van der Waals surface area (Å²) in [7, 11) is 0. The maximum atomic E-state index is 10.2. The lowest BCUT2D eigenvalue weighted by Crippen LogP contribution is -1.85. The lowest BCUT2D eigenvalue weighted by molar-refractivity contribution is 0.474. The van der Waals surface area contributed by atoms with Crippen molar-refractivity contribution in [3.8, 4) is 28.1 Å². The van der Waals surface area contributed by atoms with Crippen LogP contribution in [0.25, 0.3) is 33.4 Å². The lowest BCUT2D eigenvalue weighted by Gasteiger charge is -2.06. The van der Waals surface area contributed by atoms with Crippen LogP contribution >= 0.6 is 0 Å².